The Labute approximate surface area is 124 Å². The highest BCUT2D eigenvalue weighted by Gasteiger charge is 2.26. The predicted molar refractivity (Wildman–Crippen MR) is 77.6 cm³/mol. The molecule has 6 heteroatoms. The summed E-state index contributed by atoms with van der Waals surface area (Å²) in [4.78, 5) is 12.5. The molecular formula is C16H12O6. The zero-order chi connectivity index (χ0) is 15.9. The van der Waals surface area contributed by atoms with E-state index in [0.717, 1.165) is 0 Å². The number of fused-ring (bicyclic) bond motifs is 1. The largest absolute Gasteiger partial charge is 0.504 e. The number of phenols is 2. The highest BCUT2D eigenvalue weighted by Crippen LogP contribution is 2.41. The summed E-state index contributed by atoms with van der Waals surface area (Å²) < 4.78 is 10.2. The second-order valence-electron chi connectivity index (χ2n) is 4.62. The summed E-state index contributed by atoms with van der Waals surface area (Å²) in [5.41, 5.74) is 0.206. The van der Waals surface area contributed by atoms with Gasteiger partial charge in [0.15, 0.2) is 17.2 Å². The van der Waals surface area contributed by atoms with Crippen LogP contribution in [0.2, 0.25) is 0 Å². The van der Waals surface area contributed by atoms with Crippen molar-refractivity contribution in [2.45, 2.75) is 0 Å². The molecule has 0 bridgehead atoms. The fourth-order valence-corrected chi connectivity index (χ4v) is 2.25. The van der Waals surface area contributed by atoms with Crippen LogP contribution >= 0.6 is 0 Å². The van der Waals surface area contributed by atoms with E-state index in [-0.39, 0.29) is 28.6 Å². The third kappa shape index (κ3) is 1.93. The molecule has 3 aromatic rings. The van der Waals surface area contributed by atoms with Gasteiger partial charge in [-0.3, -0.25) is 4.79 Å². The molecule has 112 valence electrons. The zero-order valence-corrected chi connectivity index (χ0v) is 11.5. The first-order chi connectivity index (χ1) is 10.5. The number of aromatic hydroxyl groups is 3. The van der Waals surface area contributed by atoms with Crippen LogP contribution in [0.1, 0.15) is 16.1 Å². The molecule has 3 N–H and O–H groups in total. The topological polar surface area (TPSA) is 100 Å². The Hall–Kier alpha value is -3.15. The molecule has 0 atom stereocenters. The van der Waals surface area contributed by atoms with Crippen molar-refractivity contribution in [3.63, 3.8) is 0 Å². The molecule has 0 aliphatic heterocycles. The van der Waals surface area contributed by atoms with Crippen molar-refractivity contribution in [3.05, 3.63) is 47.7 Å². The van der Waals surface area contributed by atoms with Gasteiger partial charge in [-0.05, 0) is 24.3 Å². The summed E-state index contributed by atoms with van der Waals surface area (Å²) in [6.45, 7) is 0. The SMILES string of the molecule is COc1c(O)ccc(C(=O)c2oc3ccccc3c2O)c1O. The lowest BCUT2D eigenvalue weighted by molar-refractivity contribution is 0.100. The fourth-order valence-electron chi connectivity index (χ4n) is 2.25. The standard InChI is InChI=1S/C16H12O6/c1-21-15-10(17)7-6-9(13(15)19)14(20)16-12(18)8-4-2-3-5-11(8)22-16/h2-7,17-19H,1H3. The van der Waals surface area contributed by atoms with Gasteiger partial charge < -0.3 is 24.5 Å². The normalized spacial score (nSPS) is 10.8. The van der Waals surface area contributed by atoms with E-state index in [0.29, 0.717) is 11.0 Å². The number of carbonyl (C=O) groups is 1. The number of furan rings is 1. The monoisotopic (exact) mass is 300 g/mol. The van der Waals surface area contributed by atoms with Crippen LogP contribution in [0, 0.1) is 0 Å². The number of hydrogen-bond acceptors (Lipinski definition) is 6. The summed E-state index contributed by atoms with van der Waals surface area (Å²) >= 11 is 0. The van der Waals surface area contributed by atoms with Crippen molar-refractivity contribution in [3.8, 4) is 23.0 Å². The molecule has 3 rings (SSSR count). The van der Waals surface area contributed by atoms with Gasteiger partial charge in [-0.25, -0.2) is 0 Å². The molecule has 0 aliphatic carbocycles. The van der Waals surface area contributed by atoms with Gasteiger partial charge in [-0.15, -0.1) is 0 Å². The molecule has 0 fully saturated rings. The molecular weight excluding hydrogens is 288 g/mol. The third-order valence-corrected chi connectivity index (χ3v) is 3.33. The van der Waals surface area contributed by atoms with Crippen LogP contribution in [0.3, 0.4) is 0 Å². The number of rotatable bonds is 3. The minimum atomic E-state index is -0.718. The number of hydrogen-bond donors (Lipinski definition) is 3. The minimum Gasteiger partial charge on any atom is -0.504 e. The average Bonchev–Trinajstić information content (AvgIpc) is 2.85. The maximum atomic E-state index is 12.5. The number of para-hydroxylation sites is 1. The van der Waals surface area contributed by atoms with Crippen LogP contribution < -0.4 is 4.74 Å². The molecule has 0 radical (unpaired) electrons. The third-order valence-electron chi connectivity index (χ3n) is 3.33. The Morgan fingerprint density at radius 3 is 2.45 bits per heavy atom. The number of ether oxygens (including phenoxy) is 1. The summed E-state index contributed by atoms with van der Waals surface area (Å²) in [6, 6.07) is 9.08. The lowest BCUT2D eigenvalue weighted by Crippen LogP contribution is -2.01. The molecule has 0 unspecified atom stereocenters. The van der Waals surface area contributed by atoms with E-state index in [9.17, 15) is 20.1 Å². The van der Waals surface area contributed by atoms with Crippen molar-refractivity contribution >= 4 is 16.8 Å². The number of phenolic OH excluding ortho intramolecular Hbond substituents is 2. The van der Waals surface area contributed by atoms with Gasteiger partial charge in [-0.1, -0.05) is 12.1 Å². The summed E-state index contributed by atoms with van der Waals surface area (Å²) in [6.07, 6.45) is 0. The Balaban J connectivity index is 2.16. The Kier molecular flexibility index (Phi) is 3.14. The first-order valence-corrected chi connectivity index (χ1v) is 6.38. The Morgan fingerprint density at radius 1 is 1.05 bits per heavy atom. The highest BCUT2D eigenvalue weighted by molar-refractivity contribution is 6.13. The fraction of sp³-hybridized carbons (Fsp3) is 0.0625. The van der Waals surface area contributed by atoms with Gasteiger partial charge in [-0.2, -0.15) is 0 Å². The van der Waals surface area contributed by atoms with E-state index in [4.69, 9.17) is 9.15 Å². The molecule has 0 saturated carbocycles. The van der Waals surface area contributed by atoms with Gasteiger partial charge in [0.25, 0.3) is 0 Å². The summed E-state index contributed by atoms with van der Waals surface area (Å²) in [5.74, 6) is -2.35. The van der Waals surface area contributed by atoms with Gasteiger partial charge in [0.2, 0.25) is 17.3 Å². The summed E-state index contributed by atoms with van der Waals surface area (Å²) in [7, 11) is 1.25. The molecule has 2 aromatic carbocycles. The number of carbonyl (C=O) groups excluding carboxylic acids is 1. The molecule has 1 heterocycles. The van der Waals surface area contributed by atoms with Crippen molar-refractivity contribution in [2.75, 3.05) is 7.11 Å². The van der Waals surface area contributed by atoms with E-state index in [2.05, 4.69) is 0 Å². The first kappa shape index (κ1) is 13.8. The van der Waals surface area contributed by atoms with Crippen molar-refractivity contribution in [1.29, 1.82) is 0 Å². The van der Waals surface area contributed by atoms with E-state index in [1.807, 2.05) is 0 Å². The lowest BCUT2D eigenvalue weighted by atomic mass is 10.1. The number of ketones is 1. The second-order valence-corrected chi connectivity index (χ2v) is 4.62. The molecule has 0 spiro atoms. The van der Waals surface area contributed by atoms with Crippen LogP contribution in [0.15, 0.2) is 40.8 Å². The first-order valence-electron chi connectivity index (χ1n) is 6.38. The van der Waals surface area contributed by atoms with Gasteiger partial charge in [0.1, 0.15) is 5.58 Å². The van der Waals surface area contributed by atoms with Crippen LogP contribution in [-0.4, -0.2) is 28.2 Å². The van der Waals surface area contributed by atoms with Crippen LogP contribution in [-0.2, 0) is 0 Å². The zero-order valence-electron chi connectivity index (χ0n) is 11.5. The van der Waals surface area contributed by atoms with Crippen molar-refractivity contribution < 1.29 is 29.3 Å². The molecule has 6 nitrogen and oxygen atoms in total. The maximum absolute atomic E-state index is 12.5. The van der Waals surface area contributed by atoms with Crippen LogP contribution in [0.25, 0.3) is 11.0 Å². The van der Waals surface area contributed by atoms with E-state index in [1.54, 1.807) is 24.3 Å². The minimum absolute atomic E-state index is 0.149. The van der Waals surface area contributed by atoms with Crippen LogP contribution in [0.4, 0.5) is 0 Å². The predicted octanol–water partition coefficient (Wildman–Crippen LogP) is 2.79. The van der Waals surface area contributed by atoms with Gasteiger partial charge >= 0.3 is 0 Å². The van der Waals surface area contributed by atoms with E-state index in [1.165, 1.54) is 19.2 Å². The van der Waals surface area contributed by atoms with Crippen LogP contribution in [0.5, 0.6) is 23.0 Å². The molecule has 0 amide bonds. The van der Waals surface area contributed by atoms with E-state index >= 15 is 0 Å². The quantitative estimate of drug-likeness (QED) is 0.643. The summed E-state index contributed by atoms with van der Waals surface area (Å²) in [5, 5.41) is 30.1. The van der Waals surface area contributed by atoms with E-state index < -0.39 is 11.5 Å². The number of benzene rings is 2. The highest BCUT2D eigenvalue weighted by atomic mass is 16.5. The van der Waals surface area contributed by atoms with Gasteiger partial charge in [0, 0.05) is 0 Å². The average molecular weight is 300 g/mol. The molecule has 1 aromatic heterocycles. The Bertz CT molecular complexity index is 878. The Morgan fingerprint density at radius 2 is 1.77 bits per heavy atom. The van der Waals surface area contributed by atoms with Crippen molar-refractivity contribution in [1.82, 2.24) is 0 Å². The number of methoxy groups -OCH3 is 1. The maximum Gasteiger partial charge on any atom is 0.235 e. The molecule has 22 heavy (non-hydrogen) atoms. The molecule has 0 saturated heterocycles. The van der Waals surface area contributed by atoms with Gasteiger partial charge in [0.05, 0.1) is 18.1 Å². The molecule has 0 aliphatic rings. The van der Waals surface area contributed by atoms with Crippen molar-refractivity contribution in [2.24, 2.45) is 0 Å². The smallest absolute Gasteiger partial charge is 0.235 e. The second kappa shape index (κ2) is 5.00. The lowest BCUT2D eigenvalue weighted by Gasteiger charge is -2.08.